The van der Waals surface area contributed by atoms with Crippen LogP contribution in [-0.4, -0.2) is 7.11 Å². The van der Waals surface area contributed by atoms with Crippen molar-refractivity contribution < 1.29 is 9.13 Å². The predicted octanol–water partition coefficient (Wildman–Crippen LogP) is 2.58. The van der Waals surface area contributed by atoms with Crippen LogP contribution < -0.4 is 16.0 Å². The lowest BCUT2D eigenvalue weighted by Gasteiger charge is -2.16. The summed E-state index contributed by atoms with van der Waals surface area (Å²) in [6.45, 7) is 0. The zero-order valence-corrected chi connectivity index (χ0v) is 10.8. The van der Waals surface area contributed by atoms with Gasteiger partial charge in [0.25, 0.3) is 0 Å². The molecule has 1 atom stereocenters. The Bertz CT molecular complexity index is 528. The van der Waals surface area contributed by atoms with E-state index in [-0.39, 0.29) is 11.9 Å². The number of hydrogen-bond donors (Lipinski definition) is 2. The molecule has 0 aliphatic rings. The van der Waals surface area contributed by atoms with Crippen LogP contribution in [0.4, 0.5) is 4.39 Å². The standard InChI is InChI=1S/C15H17FN2O/c1-19-14-4-2-3-11(9-14)10-15(18-17)12-5-7-13(16)8-6-12/h2-9,15,18H,10,17H2,1H3. The minimum Gasteiger partial charge on any atom is -0.497 e. The third kappa shape index (κ3) is 3.53. The van der Waals surface area contributed by atoms with Crippen LogP contribution in [0.5, 0.6) is 5.75 Å². The molecule has 2 rings (SSSR count). The molecule has 0 radical (unpaired) electrons. The van der Waals surface area contributed by atoms with Crippen LogP contribution in [0.15, 0.2) is 48.5 Å². The van der Waals surface area contributed by atoms with E-state index >= 15 is 0 Å². The minimum absolute atomic E-state index is 0.0623. The van der Waals surface area contributed by atoms with Gasteiger partial charge in [0.15, 0.2) is 0 Å². The zero-order valence-electron chi connectivity index (χ0n) is 10.8. The quantitative estimate of drug-likeness (QED) is 0.641. The van der Waals surface area contributed by atoms with Gasteiger partial charge in [-0.1, -0.05) is 24.3 Å². The van der Waals surface area contributed by atoms with E-state index in [1.807, 2.05) is 24.3 Å². The Morgan fingerprint density at radius 2 is 1.95 bits per heavy atom. The number of methoxy groups -OCH3 is 1. The molecule has 0 bridgehead atoms. The van der Waals surface area contributed by atoms with Crippen LogP contribution in [0.2, 0.25) is 0 Å². The Labute approximate surface area is 112 Å². The van der Waals surface area contributed by atoms with Gasteiger partial charge in [0.1, 0.15) is 11.6 Å². The lowest BCUT2D eigenvalue weighted by atomic mass is 9.99. The van der Waals surface area contributed by atoms with E-state index in [0.717, 1.165) is 16.9 Å². The number of halogens is 1. The summed E-state index contributed by atoms with van der Waals surface area (Å²) in [6.07, 6.45) is 0.708. The molecule has 0 amide bonds. The lowest BCUT2D eigenvalue weighted by molar-refractivity contribution is 0.414. The molecule has 100 valence electrons. The van der Waals surface area contributed by atoms with Crippen LogP contribution in [0.1, 0.15) is 17.2 Å². The van der Waals surface area contributed by atoms with Crippen LogP contribution in [0.25, 0.3) is 0 Å². The molecule has 0 aromatic heterocycles. The Balaban J connectivity index is 2.16. The van der Waals surface area contributed by atoms with Crippen molar-refractivity contribution in [2.24, 2.45) is 5.84 Å². The van der Waals surface area contributed by atoms with E-state index in [1.54, 1.807) is 19.2 Å². The van der Waals surface area contributed by atoms with E-state index in [2.05, 4.69) is 5.43 Å². The van der Waals surface area contributed by atoms with Gasteiger partial charge in [0.05, 0.1) is 7.11 Å². The molecule has 1 unspecified atom stereocenters. The Morgan fingerprint density at radius 1 is 1.21 bits per heavy atom. The van der Waals surface area contributed by atoms with Crippen molar-refractivity contribution in [2.75, 3.05) is 7.11 Å². The monoisotopic (exact) mass is 260 g/mol. The fourth-order valence-corrected chi connectivity index (χ4v) is 2.00. The summed E-state index contributed by atoms with van der Waals surface area (Å²) < 4.78 is 18.1. The second-order valence-electron chi connectivity index (χ2n) is 4.33. The van der Waals surface area contributed by atoms with E-state index in [4.69, 9.17) is 10.6 Å². The molecule has 0 saturated heterocycles. The number of hydrogen-bond acceptors (Lipinski definition) is 3. The van der Waals surface area contributed by atoms with Crippen molar-refractivity contribution in [3.8, 4) is 5.75 Å². The van der Waals surface area contributed by atoms with Gasteiger partial charge >= 0.3 is 0 Å². The SMILES string of the molecule is COc1cccc(CC(NN)c2ccc(F)cc2)c1. The van der Waals surface area contributed by atoms with Gasteiger partial charge < -0.3 is 4.74 Å². The van der Waals surface area contributed by atoms with Crippen LogP contribution in [0.3, 0.4) is 0 Å². The predicted molar refractivity (Wildman–Crippen MR) is 73.2 cm³/mol. The highest BCUT2D eigenvalue weighted by atomic mass is 19.1. The molecule has 2 aromatic rings. The van der Waals surface area contributed by atoms with Crippen LogP contribution >= 0.6 is 0 Å². The Hall–Kier alpha value is -1.91. The molecule has 19 heavy (non-hydrogen) atoms. The maximum absolute atomic E-state index is 12.9. The number of nitrogens with one attached hydrogen (secondary N) is 1. The summed E-state index contributed by atoms with van der Waals surface area (Å²) in [5, 5.41) is 0. The minimum atomic E-state index is -0.249. The largest absolute Gasteiger partial charge is 0.497 e. The van der Waals surface area contributed by atoms with Crippen molar-refractivity contribution in [1.82, 2.24) is 5.43 Å². The van der Waals surface area contributed by atoms with Gasteiger partial charge in [0, 0.05) is 6.04 Å². The molecule has 0 spiro atoms. The van der Waals surface area contributed by atoms with Gasteiger partial charge in [-0.2, -0.15) is 0 Å². The zero-order chi connectivity index (χ0) is 13.7. The maximum Gasteiger partial charge on any atom is 0.123 e. The average molecular weight is 260 g/mol. The summed E-state index contributed by atoms with van der Waals surface area (Å²) >= 11 is 0. The van der Waals surface area contributed by atoms with Gasteiger partial charge in [-0.25, -0.2) is 4.39 Å². The highest BCUT2D eigenvalue weighted by Crippen LogP contribution is 2.20. The molecule has 0 aliphatic heterocycles. The second kappa shape index (κ2) is 6.31. The van der Waals surface area contributed by atoms with E-state index in [0.29, 0.717) is 6.42 Å². The van der Waals surface area contributed by atoms with Gasteiger partial charge in [0.2, 0.25) is 0 Å². The highest BCUT2D eigenvalue weighted by molar-refractivity contribution is 5.30. The third-order valence-corrected chi connectivity index (χ3v) is 3.05. The molecule has 2 aromatic carbocycles. The number of rotatable bonds is 5. The maximum atomic E-state index is 12.9. The molecular weight excluding hydrogens is 243 g/mol. The summed E-state index contributed by atoms with van der Waals surface area (Å²) in [6, 6.07) is 14.1. The van der Waals surface area contributed by atoms with Gasteiger partial charge in [-0.15, -0.1) is 0 Å². The van der Waals surface area contributed by atoms with Crippen molar-refractivity contribution in [3.63, 3.8) is 0 Å². The van der Waals surface area contributed by atoms with E-state index in [1.165, 1.54) is 12.1 Å². The summed E-state index contributed by atoms with van der Waals surface area (Å²) in [5.41, 5.74) is 4.81. The molecule has 3 N–H and O–H groups in total. The fraction of sp³-hybridized carbons (Fsp3) is 0.200. The molecule has 0 aliphatic carbocycles. The number of benzene rings is 2. The molecule has 0 fully saturated rings. The fourth-order valence-electron chi connectivity index (χ4n) is 2.00. The first kappa shape index (κ1) is 13.5. The first-order chi connectivity index (χ1) is 9.22. The van der Waals surface area contributed by atoms with E-state index in [9.17, 15) is 4.39 Å². The summed E-state index contributed by atoms with van der Waals surface area (Å²) in [4.78, 5) is 0. The average Bonchev–Trinajstić information content (AvgIpc) is 2.46. The topological polar surface area (TPSA) is 47.3 Å². The van der Waals surface area contributed by atoms with Crippen LogP contribution in [-0.2, 0) is 6.42 Å². The number of ether oxygens (including phenoxy) is 1. The number of hydrazine groups is 1. The van der Waals surface area contributed by atoms with Crippen LogP contribution in [0, 0.1) is 5.82 Å². The normalized spacial score (nSPS) is 12.2. The first-order valence-corrected chi connectivity index (χ1v) is 6.07. The molecule has 3 nitrogen and oxygen atoms in total. The summed E-state index contributed by atoms with van der Waals surface area (Å²) in [5.74, 6) is 6.15. The first-order valence-electron chi connectivity index (χ1n) is 6.07. The van der Waals surface area contributed by atoms with Crippen molar-refractivity contribution >= 4 is 0 Å². The van der Waals surface area contributed by atoms with Crippen molar-refractivity contribution in [2.45, 2.75) is 12.5 Å². The van der Waals surface area contributed by atoms with E-state index < -0.39 is 0 Å². The second-order valence-corrected chi connectivity index (χ2v) is 4.33. The van der Waals surface area contributed by atoms with Crippen molar-refractivity contribution in [3.05, 3.63) is 65.5 Å². The highest BCUT2D eigenvalue weighted by Gasteiger charge is 2.11. The molecule has 0 saturated carbocycles. The Morgan fingerprint density at radius 3 is 2.58 bits per heavy atom. The smallest absolute Gasteiger partial charge is 0.123 e. The third-order valence-electron chi connectivity index (χ3n) is 3.05. The summed E-state index contributed by atoms with van der Waals surface area (Å²) in [7, 11) is 1.64. The molecular formula is C15H17FN2O. The Kier molecular flexibility index (Phi) is 4.49. The van der Waals surface area contributed by atoms with Gasteiger partial charge in [-0.3, -0.25) is 11.3 Å². The van der Waals surface area contributed by atoms with Gasteiger partial charge in [-0.05, 0) is 41.8 Å². The molecule has 4 heteroatoms. The van der Waals surface area contributed by atoms with Crippen molar-refractivity contribution in [1.29, 1.82) is 0 Å². The molecule has 0 heterocycles. The lowest BCUT2D eigenvalue weighted by Crippen LogP contribution is -2.29. The number of nitrogens with two attached hydrogens (primary N) is 1.